The highest BCUT2D eigenvalue weighted by atomic mass is 16.1. The van der Waals surface area contributed by atoms with E-state index in [-0.39, 0.29) is 5.91 Å². The Morgan fingerprint density at radius 2 is 1.74 bits per heavy atom. The highest BCUT2D eigenvalue weighted by Crippen LogP contribution is 2.19. The first kappa shape index (κ1) is 20.4. The van der Waals surface area contributed by atoms with Gasteiger partial charge in [0.25, 0.3) is 0 Å². The average Bonchev–Trinajstić information content (AvgIpc) is 3.18. The molecule has 0 saturated carbocycles. The second kappa shape index (κ2) is 9.30. The SMILES string of the molecule is Cc1ccnc(CNC(=O)Cc2ccc(-c3cnc(Cc4cnn(C)c4)nc3)cc2)c1. The Bertz CT molecular complexity index is 1170. The van der Waals surface area contributed by atoms with E-state index in [1.165, 1.54) is 0 Å². The zero-order valence-corrected chi connectivity index (χ0v) is 17.6. The maximum Gasteiger partial charge on any atom is 0.224 e. The molecule has 0 atom stereocenters. The molecule has 7 nitrogen and oxygen atoms in total. The Hall–Kier alpha value is -3.87. The molecule has 0 unspecified atom stereocenters. The van der Waals surface area contributed by atoms with Crippen LogP contribution in [0.15, 0.2) is 67.4 Å². The summed E-state index contributed by atoms with van der Waals surface area (Å²) in [5.41, 5.74) is 5.97. The van der Waals surface area contributed by atoms with Gasteiger partial charge in [0, 0.05) is 43.8 Å². The van der Waals surface area contributed by atoms with Crippen molar-refractivity contribution in [1.82, 2.24) is 30.0 Å². The van der Waals surface area contributed by atoms with Gasteiger partial charge in [-0.25, -0.2) is 9.97 Å². The quantitative estimate of drug-likeness (QED) is 0.504. The van der Waals surface area contributed by atoms with Gasteiger partial charge in [-0.3, -0.25) is 14.5 Å². The van der Waals surface area contributed by atoms with E-state index < -0.39 is 0 Å². The van der Waals surface area contributed by atoms with E-state index in [0.29, 0.717) is 19.4 Å². The summed E-state index contributed by atoms with van der Waals surface area (Å²) >= 11 is 0. The lowest BCUT2D eigenvalue weighted by Crippen LogP contribution is -2.25. The Labute approximate surface area is 181 Å². The van der Waals surface area contributed by atoms with Crippen molar-refractivity contribution >= 4 is 5.91 Å². The van der Waals surface area contributed by atoms with E-state index in [9.17, 15) is 4.79 Å². The number of aromatic nitrogens is 5. The maximum absolute atomic E-state index is 12.2. The van der Waals surface area contributed by atoms with Crippen LogP contribution in [0.3, 0.4) is 0 Å². The molecular formula is C24H24N6O. The first-order valence-electron chi connectivity index (χ1n) is 10.1. The number of hydrogen-bond donors (Lipinski definition) is 1. The van der Waals surface area contributed by atoms with Gasteiger partial charge >= 0.3 is 0 Å². The fraction of sp³-hybridized carbons (Fsp3) is 0.208. The summed E-state index contributed by atoms with van der Waals surface area (Å²) in [6, 6.07) is 11.8. The third-order valence-corrected chi connectivity index (χ3v) is 4.92. The third-order valence-electron chi connectivity index (χ3n) is 4.92. The summed E-state index contributed by atoms with van der Waals surface area (Å²) in [6.45, 7) is 2.44. The van der Waals surface area contributed by atoms with Crippen molar-refractivity contribution in [3.05, 3.63) is 95.6 Å². The summed E-state index contributed by atoms with van der Waals surface area (Å²) in [4.78, 5) is 25.5. The molecule has 7 heteroatoms. The zero-order chi connectivity index (χ0) is 21.6. The minimum absolute atomic E-state index is 0.0286. The number of carbonyl (C=O) groups excluding carboxylic acids is 1. The fourth-order valence-corrected chi connectivity index (χ4v) is 3.29. The highest BCUT2D eigenvalue weighted by molar-refractivity contribution is 5.78. The molecule has 3 heterocycles. The lowest BCUT2D eigenvalue weighted by Gasteiger charge is -2.07. The van der Waals surface area contributed by atoms with E-state index >= 15 is 0 Å². The fourth-order valence-electron chi connectivity index (χ4n) is 3.29. The van der Waals surface area contributed by atoms with Gasteiger partial charge in [-0.05, 0) is 41.3 Å². The van der Waals surface area contributed by atoms with Gasteiger partial charge in [0.1, 0.15) is 5.82 Å². The average molecular weight is 412 g/mol. The van der Waals surface area contributed by atoms with E-state index in [1.807, 2.05) is 75.2 Å². The summed E-state index contributed by atoms with van der Waals surface area (Å²) in [5, 5.41) is 7.09. The predicted octanol–water partition coefficient (Wildman–Crippen LogP) is 3.03. The van der Waals surface area contributed by atoms with E-state index in [0.717, 1.165) is 39.3 Å². The van der Waals surface area contributed by atoms with E-state index in [2.05, 4.69) is 25.4 Å². The number of carbonyl (C=O) groups is 1. The van der Waals surface area contributed by atoms with Crippen LogP contribution in [-0.4, -0.2) is 30.6 Å². The molecule has 0 aliphatic rings. The number of benzene rings is 1. The normalized spacial score (nSPS) is 10.8. The number of amides is 1. The number of aryl methyl sites for hydroxylation is 2. The Morgan fingerprint density at radius 1 is 0.968 bits per heavy atom. The standard InChI is InChI=1S/C24H24N6O/c1-17-7-8-25-22(9-17)15-28-24(31)11-18-3-5-20(6-4-18)21-13-26-23(27-14-21)10-19-12-29-30(2)16-19/h3-9,12-14,16H,10-11,15H2,1-2H3,(H,28,31). The molecule has 156 valence electrons. The van der Waals surface area contributed by atoms with Crippen LogP contribution < -0.4 is 5.32 Å². The van der Waals surface area contributed by atoms with Crippen molar-refractivity contribution in [2.45, 2.75) is 26.3 Å². The van der Waals surface area contributed by atoms with E-state index in [1.54, 1.807) is 10.9 Å². The largest absolute Gasteiger partial charge is 0.350 e. The summed E-state index contributed by atoms with van der Waals surface area (Å²) in [5.74, 6) is 0.729. The lowest BCUT2D eigenvalue weighted by molar-refractivity contribution is -0.120. The molecule has 0 aliphatic heterocycles. The molecule has 0 aliphatic carbocycles. The number of nitrogens with zero attached hydrogens (tertiary/aromatic N) is 5. The number of hydrogen-bond acceptors (Lipinski definition) is 5. The van der Waals surface area contributed by atoms with Crippen molar-refractivity contribution in [3.63, 3.8) is 0 Å². The second-order valence-electron chi connectivity index (χ2n) is 7.56. The zero-order valence-electron chi connectivity index (χ0n) is 17.6. The first-order valence-corrected chi connectivity index (χ1v) is 10.1. The van der Waals surface area contributed by atoms with Crippen molar-refractivity contribution in [2.24, 2.45) is 7.05 Å². The topological polar surface area (TPSA) is 85.6 Å². The van der Waals surface area contributed by atoms with Gasteiger partial charge in [-0.15, -0.1) is 0 Å². The van der Waals surface area contributed by atoms with Crippen LogP contribution in [0.1, 0.15) is 28.2 Å². The second-order valence-corrected chi connectivity index (χ2v) is 7.56. The molecule has 0 spiro atoms. The van der Waals surface area contributed by atoms with Crippen molar-refractivity contribution in [3.8, 4) is 11.1 Å². The number of rotatable bonds is 7. The van der Waals surface area contributed by atoms with Crippen LogP contribution in [0.4, 0.5) is 0 Å². The van der Waals surface area contributed by atoms with Crippen LogP contribution >= 0.6 is 0 Å². The minimum atomic E-state index is -0.0286. The van der Waals surface area contributed by atoms with Crippen molar-refractivity contribution < 1.29 is 4.79 Å². The summed E-state index contributed by atoms with van der Waals surface area (Å²) in [6.07, 6.45) is 10.2. The van der Waals surface area contributed by atoms with Gasteiger partial charge in [0.15, 0.2) is 0 Å². The molecule has 31 heavy (non-hydrogen) atoms. The molecule has 4 rings (SSSR count). The first-order chi connectivity index (χ1) is 15.0. The predicted molar refractivity (Wildman–Crippen MR) is 118 cm³/mol. The molecule has 0 radical (unpaired) electrons. The van der Waals surface area contributed by atoms with Crippen LogP contribution in [-0.2, 0) is 31.2 Å². The molecular weight excluding hydrogens is 388 g/mol. The molecule has 3 aromatic heterocycles. The minimum Gasteiger partial charge on any atom is -0.350 e. The van der Waals surface area contributed by atoms with Gasteiger partial charge in [-0.2, -0.15) is 5.10 Å². The molecule has 1 aromatic carbocycles. The van der Waals surface area contributed by atoms with Crippen LogP contribution in [0.5, 0.6) is 0 Å². The van der Waals surface area contributed by atoms with E-state index in [4.69, 9.17) is 0 Å². The molecule has 0 bridgehead atoms. The van der Waals surface area contributed by atoms with Crippen LogP contribution in [0.25, 0.3) is 11.1 Å². The van der Waals surface area contributed by atoms with Gasteiger partial charge in [-0.1, -0.05) is 24.3 Å². The monoisotopic (exact) mass is 412 g/mol. The van der Waals surface area contributed by atoms with Gasteiger partial charge in [0.05, 0.1) is 24.9 Å². The van der Waals surface area contributed by atoms with Gasteiger partial charge in [0.2, 0.25) is 5.91 Å². The van der Waals surface area contributed by atoms with Crippen LogP contribution in [0.2, 0.25) is 0 Å². The highest BCUT2D eigenvalue weighted by Gasteiger charge is 2.07. The summed E-state index contributed by atoms with van der Waals surface area (Å²) < 4.78 is 1.77. The smallest absolute Gasteiger partial charge is 0.224 e. The molecule has 0 fully saturated rings. The van der Waals surface area contributed by atoms with Gasteiger partial charge < -0.3 is 5.32 Å². The maximum atomic E-state index is 12.2. The molecule has 1 amide bonds. The summed E-state index contributed by atoms with van der Waals surface area (Å²) in [7, 11) is 1.89. The Balaban J connectivity index is 1.32. The number of pyridine rings is 1. The third kappa shape index (κ3) is 5.60. The van der Waals surface area contributed by atoms with Crippen LogP contribution in [0, 0.1) is 6.92 Å². The molecule has 0 saturated heterocycles. The number of nitrogens with one attached hydrogen (secondary N) is 1. The Kier molecular flexibility index (Phi) is 6.12. The Morgan fingerprint density at radius 3 is 2.42 bits per heavy atom. The molecule has 1 N–H and O–H groups in total. The lowest BCUT2D eigenvalue weighted by atomic mass is 10.0. The molecule has 4 aromatic rings. The van der Waals surface area contributed by atoms with Crippen molar-refractivity contribution in [2.75, 3.05) is 0 Å². The van der Waals surface area contributed by atoms with Crippen molar-refractivity contribution in [1.29, 1.82) is 0 Å².